The molecule has 2 aromatic rings. The van der Waals surface area contributed by atoms with E-state index in [1.54, 1.807) is 7.05 Å². The Hall–Kier alpha value is -1.81. The number of carbonyl (C=O) groups is 1. The van der Waals surface area contributed by atoms with Crippen molar-refractivity contribution >= 4 is 16.8 Å². The number of nitrogens with one attached hydrogen (secondary N) is 2. The van der Waals surface area contributed by atoms with Crippen molar-refractivity contribution in [1.29, 1.82) is 0 Å². The molecule has 102 valence electrons. The lowest BCUT2D eigenvalue weighted by Crippen LogP contribution is -2.40. The van der Waals surface area contributed by atoms with E-state index in [0.29, 0.717) is 6.54 Å². The number of rotatable bonds is 6. The van der Waals surface area contributed by atoms with Crippen LogP contribution in [0.15, 0.2) is 36.5 Å². The molecule has 0 aliphatic carbocycles. The van der Waals surface area contributed by atoms with Crippen LogP contribution < -0.4 is 10.6 Å². The van der Waals surface area contributed by atoms with Gasteiger partial charge in [0.2, 0.25) is 5.91 Å². The lowest BCUT2D eigenvalue weighted by Gasteiger charge is -2.11. The van der Waals surface area contributed by atoms with Crippen LogP contribution in [0.4, 0.5) is 0 Å². The Kier molecular flexibility index (Phi) is 4.58. The Morgan fingerprint density at radius 2 is 2.11 bits per heavy atom. The van der Waals surface area contributed by atoms with E-state index in [1.807, 2.05) is 13.0 Å². The van der Waals surface area contributed by atoms with Crippen LogP contribution in [0.2, 0.25) is 0 Å². The third-order valence-corrected chi connectivity index (χ3v) is 3.38. The second-order valence-electron chi connectivity index (χ2n) is 4.72. The second kappa shape index (κ2) is 6.38. The number of nitrogens with zero attached hydrogens (tertiary/aromatic N) is 1. The van der Waals surface area contributed by atoms with Gasteiger partial charge >= 0.3 is 0 Å². The average molecular weight is 259 g/mol. The standard InChI is InChI=1S/C15H21N3O/c1-12(16-2)15(19)17-9-5-10-18-11-8-13-6-3-4-7-14(13)18/h3-4,6-8,11-12,16H,5,9-10H2,1-2H3,(H,17,19). The van der Waals surface area contributed by atoms with Crippen molar-refractivity contribution in [1.82, 2.24) is 15.2 Å². The van der Waals surface area contributed by atoms with Crippen molar-refractivity contribution in [3.05, 3.63) is 36.5 Å². The maximum atomic E-state index is 11.6. The van der Waals surface area contributed by atoms with Gasteiger partial charge in [0.15, 0.2) is 0 Å². The van der Waals surface area contributed by atoms with Crippen molar-refractivity contribution in [3.63, 3.8) is 0 Å². The molecule has 2 N–H and O–H groups in total. The fourth-order valence-corrected chi connectivity index (χ4v) is 2.08. The number of aryl methyl sites for hydroxylation is 1. The molecule has 0 radical (unpaired) electrons. The number of para-hydroxylation sites is 1. The summed E-state index contributed by atoms with van der Waals surface area (Å²) in [5, 5.41) is 7.11. The van der Waals surface area contributed by atoms with E-state index >= 15 is 0 Å². The van der Waals surface area contributed by atoms with Crippen LogP contribution in [-0.2, 0) is 11.3 Å². The monoisotopic (exact) mass is 259 g/mol. The predicted octanol–water partition coefficient (Wildman–Crippen LogP) is 1.76. The smallest absolute Gasteiger partial charge is 0.236 e. The number of hydrogen-bond donors (Lipinski definition) is 2. The Labute approximate surface area is 113 Å². The summed E-state index contributed by atoms with van der Waals surface area (Å²) in [6.45, 7) is 3.48. The van der Waals surface area contributed by atoms with Gasteiger partial charge in [-0.2, -0.15) is 0 Å². The fourth-order valence-electron chi connectivity index (χ4n) is 2.08. The maximum Gasteiger partial charge on any atom is 0.236 e. The van der Waals surface area contributed by atoms with Gasteiger partial charge in [0.05, 0.1) is 6.04 Å². The van der Waals surface area contributed by atoms with Crippen LogP contribution in [-0.4, -0.2) is 30.1 Å². The predicted molar refractivity (Wildman–Crippen MR) is 78.1 cm³/mol. The number of amides is 1. The van der Waals surface area contributed by atoms with Gasteiger partial charge < -0.3 is 15.2 Å². The van der Waals surface area contributed by atoms with E-state index in [-0.39, 0.29) is 11.9 Å². The summed E-state index contributed by atoms with van der Waals surface area (Å²) in [7, 11) is 1.79. The number of carbonyl (C=O) groups excluding carboxylic acids is 1. The summed E-state index contributed by atoms with van der Waals surface area (Å²) >= 11 is 0. The Morgan fingerprint density at radius 1 is 1.32 bits per heavy atom. The van der Waals surface area contributed by atoms with Crippen LogP contribution in [0.5, 0.6) is 0 Å². The van der Waals surface area contributed by atoms with Gasteiger partial charge in [0.1, 0.15) is 0 Å². The van der Waals surface area contributed by atoms with E-state index < -0.39 is 0 Å². The molecule has 1 heterocycles. The molecule has 0 fully saturated rings. The number of aromatic nitrogens is 1. The number of hydrogen-bond acceptors (Lipinski definition) is 2. The van der Waals surface area contributed by atoms with Crippen molar-refractivity contribution < 1.29 is 4.79 Å². The second-order valence-corrected chi connectivity index (χ2v) is 4.72. The molecule has 0 spiro atoms. The summed E-state index contributed by atoms with van der Waals surface area (Å²) in [6, 6.07) is 10.3. The molecule has 2 rings (SSSR count). The van der Waals surface area contributed by atoms with E-state index in [0.717, 1.165) is 13.0 Å². The molecule has 0 aliphatic heterocycles. The largest absolute Gasteiger partial charge is 0.355 e. The van der Waals surface area contributed by atoms with Gasteiger partial charge in [0, 0.05) is 24.8 Å². The van der Waals surface area contributed by atoms with E-state index in [1.165, 1.54) is 10.9 Å². The van der Waals surface area contributed by atoms with Crippen molar-refractivity contribution in [2.75, 3.05) is 13.6 Å². The minimum absolute atomic E-state index is 0.0554. The highest BCUT2D eigenvalue weighted by Crippen LogP contribution is 2.15. The third kappa shape index (κ3) is 3.35. The lowest BCUT2D eigenvalue weighted by atomic mass is 10.2. The molecule has 19 heavy (non-hydrogen) atoms. The minimum Gasteiger partial charge on any atom is -0.355 e. The minimum atomic E-state index is -0.132. The van der Waals surface area contributed by atoms with Gasteiger partial charge in [-0.25, -0.2) is 0 Å². The van der Waals surface area contributed by atoms with Gasteiger partial charge in [-0.3, -0.25) is 4.79 Å². The van der Waals surface area contributed by atoms with Crippen molar-refractivity contribution in [2.45, 2.75) is 25.9 Å². The zero-order valence-corrected chi connectivity index (χ0v) is 11.5. The molecule has 0 bridgehead atoms. The highest BCUT2D eigenvalue weighted by atomic mass is 16.2. The molecule has 0 saturated heterocycles. The Morgan fingerprint density at radius 3 is 2.89 bits per heavy atom. The maximum absolute atomic E-state index is 11.6. The van der Waals surface area contributed by atoms with Gasteiger partial charge in [0.25, 0.3) is 0 Å². The molecule has 4 heteroatoms. The Balaban J connectivity index is 1.82. The highest BCUT2D eigenvalue weighted by Gasteiger charge is 2.08. The normalized spacial score (nSPS) is 12.5. The molecule has 0 aliphatic rings. The first-order valence-corrected chi connectivity index (χ1v) is 6.71. The van der Waals surface area contributed by atoms with Crippen LogP contribution in [0.3, 0.4) is 0 Å². The van der Waals surface area contributed by atoms with E-state index in [9.17, 15) is 4.79 Å². The van der Waals surface area contributed by atoms with Crippen LogP contribution in [0.25, 0.3) is 10.9 Å². The zero-order chi connectivity index (χ0) is 13.7. The van der Waals surface area contributed by atoms with Crippen molar-refractivity contribution in [2.24, 2.45) is 0 Å². The van der Waals surface area contributed by atoms with Crippen LogP contribution >= 0.6 is 0 Å². The number of likely N-dealkylation sites (N-methyl/N-ethyl adjacent to an activating group) is 1. The molecule has 1 atom stereocenters. The highest BCUT2D eigenvalue weighted by molar-refractivity contribution is 5.81. The van der Waals surface area contributed by atoms with Gasteiger partial charge in [-0.1, -0.05) is 18.2 Å². The molecule has 1 aromatic carbocycles. The fraction of sp³-hybridized carbons (Fsp3) is 0.400. The van der Waals surface area contributed by atoms with Gasteiger partial charge in [-0.15, -0.1) is 0 Å². The summed E-state index contributed by atoms with van der Waals surface area (Å²) in [4.78, 5) is 11.6. The van der Waals surface area contributed by atoms with E-state index in [4.69, 9.17) is 0 Å². The van der Waals surface area contributed by atoms with Gasteiger partial charge in [-0.05, 0) is 37.9 Å². The first-order chi connectivity index (χ1) is 9.22. The van der Waals surface area contributed by atoms with Crippen LogP contribution in [0.1, 0.15) is 13.3 Å². The molecule has 0 saturated carbocycles. The first-order valence-electron chi connectivity index (χ1n) is 6.71. The Bertz CT molecular complexity index is 547. The quantitative estimate of drug-likeness (QED) is 0.776. The van der Waals surface area contributed by atoms with Crippen molar-refractivity contribution in [3.8, 4) is 0 Å². The molecule has 1 amide bonds. The third-order valence-electron chi connectivity index (χ3n) is 3.38. The number of benzene rings is 1. The summed E-state index contributed by atoms with van der Waals surface area (Å²) < 4.78 is 2.23. The number of fused-ring (bicyclic) bond motifs is 1. The van der Waals surface area contributed by atoms with E-state index in [2.05, 4.69) is 45.7 Å². The average Bonchev–Trinajstić information content (AvgIpc) is 2.86. The SMILES string of the molecule is CNC(C)C(=O)NCCCn1ccc2ccccc21. The molecule has 1 unspecified atom stereocenters. The topological polar surface area (TPSA) is 46.1 Å². The lowest BCUT2D eigenvalue weighted by molar-refractivity contribution is -0.122. The summed E-state index contributed by atoms with van der Waals surface area (Å²) in [5.41, 5.74) is 1.25. The first kappa shape index (κ1) is 13.6. The van der Waals surface area contributed by atoms with Crippen LogP contribution in [0, 0.1) is 0 Å². The summed E-state index contributed by atoms with van der Waals surface area (Å²) in [6.07, 6.45) is 3.03. The zero-order valence-electron chi connectivity index (χ0n) is 11.5. The molecule has 4 nitrogen and oxygen atoms in total. The molecular weight excluding hydrogens is 238 g/mol. The molecule has 1 aromatic heterocycles. The summed E-state index contributed by atoms with van der Waals surface area (Å²) in [5.74, 6) is 0.0554. The molecular formula is C15H21N3O.